The summed E-state index contributed by atoms with van der Waals surface area (Å²) in [5.74, 6) is 1.69. The molecule has 0 amide bonds. The Morgan fingerprint density at radius 3 is 2.22 bits per heavy atom. The highest BCUT2D eigenvalue weighted by atomic mass is 127. The van der Waals surface area contributed by atoms with E-state index >= 15 is 0 Å². The lowest BCUT2D eigenvalue weighted by molar-refractivity contribution is 0.813. The molecule has 6 heteroatoms. The van der Waals surface area contributed by atoms with Crippen molar-refractivity contribution in [3.63, 3.8) is 0 Å². The summed E-state index contributed by atoms with van der Waals surface area (Å²) in [6, 6.07) is 0. The van der Waals surface area contributed by atoms with Crippen LogP contribution in [0.3, 0.4) is 0 Å². The van der Waals surface area contributed by atoms with Gasteiger partial charge in [0.2, 0.25) is 0 Å². The first-order valence-electron chi connectivity index (χ1n) is 6.06. The number of hydrogen-bond acceptors (Lipinski definition) is 3. The fourth-order valence-corrected chi connectivity index (χ4v) is 1.33. The average molecular weight is 363 g/mol. The summed E-state index contributed by atoms with van der Waals surface area (Å²) >= 11 is 0. The maximum Gasteiger partial charge on any atom is 0.191 e. The van der Waals surface area contributed by atoms with Gasteiger partial charge in [0.15, 0.2) is 5.96 Å². The first kappa shape index (κ1) is 17.1. The third-order valence-corrected chi connectivity index (χ3v) is 2.13. The second kappa shape index (κ2) is 10.0. The van der Waals surface area contributed by atoms with Crippen LogP contribution >= 0.6 is 24.0 Å². The van der Waals surface area contributed by atoms with Gasteiger partial charge in [0.25, 0.3) is 0 Å². The van der Waals surface area contributed by atoms with Crippen LogP contribution in [0, 0.1) is 6.92 Å². The topological polar surface area (TPSA) is 62.2 Å². The van der Waals surface area contributed by atoms with Crippen molar-refractivity contribution < 1.29 is 0 Å². The van der Waals surface area contributed by atoms with E-state index in [4.69, 9.17) is 0 Å². The fourth-order valence-electron chi connectivity index (χ4n) is 1.33. The standard InChI is InChI=1S/C12H21N5.HI/c1-4-13-12(14-5-2)15-7-6-11-16-8-10(3)9-17-11;/h8-9H,4-7H2,1-3H3,(H2,13,14,15);1H. The second-order valence-electron chi connectivity index (χ2n) is 3.72. The van der Waals surface area contributed by atoms with E-state index in [1.807, 2.05) is 19.3 Å². The van der Waals surface area contributed by atoms with Gasteiger partial charge in [-0.05, 0) is 26.3 Å². The maximum atomic E-state index is 4.44. The molecule has 0 saturated carbocycles. The predicted molar refractivity (Wildman–Crippen MR) is 85.5 cm³/mol. The smallest absolute Gasteiger partial charge is 0.191 e. The molecule has 0 aliphatic rings. The molecule has 102 valence electrons. The maximum absolute atomic E-state index is 4.44. The van der Waals surface area contributed by atoms with Crippen LogP contribution in [0.25, 0.3) is 0 Å². The van der Waals surface area contributed by atoms with Gasteiger partial charge in [0.05, 0.1) is 0 Å². The first-order chi connectivity index (χ1) is 8.26. The normalized spacial score (nSPS) is 9.28. The number of hydrogen-bond donors (Lipinski definition) is 2. The molecule has 18 heavy (non-hydrogen) atoms. The van der Waals surface area contributed by atoms with E-state index in [2.05, 4.69) is 39.4 Å². The molecule has 0 radical (unpaired) electrons. The van der Waals surface area contributed by atoms with E-state index in [0.717, 1.165) is 36.9 Å². The summed E-state index contributed by atoms with van der Waals surface area (Å²) in [5.41, 5.74) is 1.08. The molecule has 0 bridgehead atoms. The number of nitrogens with zero attached hydrogens (tertiary/aromatic N) is 3. The quantitative estimate of drug-likeness (QED) is 0.473. The average Bonchev–Trinajstić information content (AvgIpc) is 2.32. The number of halogens is 1. The molecule has 1 aromatic rings. The molecule has 0 spiro atoms. The second-order valence-corrected chi connectivity index (χ2v) is 3.72. The van der Waals surface area contributed by atoms with Crippen molar-refractivity contribution in [3.8, 4) is 0 Å². The van der Waals surface area contributed by atoms with Crippen molar-refractivity contribution in [2.75, 3.05) is 19.6 Å². The Balaban J connectivity index is 0.00000289. The molecule has 0 atom stereocenters. The number of aliphatic imine (C=N–C) groups is 1. The van der Waals surface area contributed by atoms with Crippen molar-refractivity contribution in [1.29, 1.82) is 0 Å². The summed E-state index contributed by atoms with van der Waals surface area (Å²) in [5, 5.41) is 6.35. The molecule has 1 heterocycles. The molecule has 0 aromatic carbocycles. The highest BCUT2D eigenvalue weighted by molar-refractivity contribution is 14.0. The predicted octanol–water partition coefficient (Wildman–Crippen LogP) is 1.52. The Bertz CT molecular complexity index is 342. The van der Waals surface area contributed by atoms with Crippen LogP contribution in [-0.2, 0) is 6.42 Å². The highest BCUT2D eigenvalue weighted by Gasteiger charge is 1.97. The van der Waals surface area contributed by atoms with E-state index < -0.39 is 0 Å². The number of nitrogens with one attached hydrogen (secondary N) is 2. The van der Waals surface area contributed by atoms with Crippen LogP contribution in [0.4, 0.5) is 0 Å². The van der Waals surface area contributed by atoms with Gasteiger partial charge in [-0.3, -0.25) is 4.99 Å². The zero-order valence-corrected chi connectivity index (χ0v) is 13.6. The van der Waals surface area contributed by atoms with E-state index in [1.165, 1.54) is 0 Å². The SMILES string of the molecule is CCNC(=NCCc1ncc(C)cn1)NCC.I. The Kier molecular flexibility index (Phi) is 9.53. The van der Waals surface area contributed by atoms with Gasteiger partial charge in [-0.2, -0.15) is 0 Å². The molecule has 2 N–H and O–H groups in total. The molecule has 0 saturated heterocycles. The fraction of sp³-hybridized carbons (Fsp3) is 0.583. The highest BCUT2D eigenvalue weighted by Crippen LogP contribution is 1.94. The zero-order valence-electron chi connectivity index (χ0n) is 11.2. The van der Waals surface area contributed by atoms with Crippen molar-refractivity contribution in [3.05, 3.63) is 23.8 Å². The summed E-state index contributed by atoms with van der Waals surface area (Å²) in [4.78, 5) is 12.9. The molecular weight excluding hydrogens is 341 g/mol. The van der Waals surface area contributed by atoms with Crippen molar-refractivity contribution in [1.82, 2.24) is 20.6 Å². The van der Waals surface area contributed by atoms with Crippen LogP contribution < -0.4 is 10.6 Å². The molecule has 1 rings (SSSR count). The van der Waals surface area contributed by atoms with Crippen LogP contribution in [0.5, 0.6) is 0 Å². The number of rotatable bonds is 5. The van der Waals surface area contributed by atoms with Crippen LogP contribution in [-0.4, -0.2) is 35.6 Å². The Morgan fingerprint density at radius 1 is 1.17 bits per heavy atom. The van der Waals surface area contributed by atoms with Crippen LogP contribution in [0.1, 0.15) is 25.2 Å². The van der Waals surface area contributed by atoms with E-state index in [9.17, 15) is 0 Å². The largest absolute Gasteiger partial charge is 0.357 e. The van der Waals surface area contributed by atoms with Gasteiger partial charge < -0.3 is 10.6 Å². The number of guanidine groups is 1. The third-order valence-electron chi connectivity index (χ3n) is 2.13. The molecular formula is C12H22IN5. The lowest BCUT2D eigenvalue weighted by atomic mass is 10.3. The first-order valence-corrected chi connectivity index (χ1v) is 6.06. The number of aromatic nitrogens is 2. The van der Waals surface area contributed by atoms with Gasteiger partial charge in [-0.15, -0.1) is 24.0 Å². The summed E-state index contributed by atoms with van der Waals surface area (Å²) in [6.07, 6.45) is 4.43. The van der Waals surface area contributed by atoms with Gasteiger partial charge in [-0.1, -0.05) is 0 Å². The van der Waals surface area contributed by atoms with Crippen LogP contribution in [0.15, 0.2) is 17.4 Å². The van der Waals surface area contributed by atoms with Crippen molar-refractivity contribution in [2.45, 2.75) is 27.2 Å². The summed E-state index contributed by atoms with van der Waals surface area (Å²) in [6.45, 7) is 8.51. The van der Waals surface area contributed by atoms with Gasteiger partial charge in [0.1, 0.15) is 5.82 Å². The van der Waals surface area contributed by atoms with Gasteiger partial charge >= 0.3 is 0 Å². The molecule has 1 aromatic heterocycles. The zero-order chi connectivity index (χ0) is 12.5. The Morgan fingerprint density at radius 2 is 1.72 bits per heavy atom. The Hall–Kier alpha value is -0.920. The van der Waals surface area contributed by atoms with Crippen molar-refractivity contribution >= 4 is 29.9 Å². The molecule has 0 fully saturated rings. The summed E-state index contributed by atoms with van der Waals surface area (Å²) in [7, 11) is 0. The Labute approximate surface area is 126 Å². The minimum Gasteiger partial charge on any atom is -0.357 e. The lowest BCUT2D eigenvalue weighted by Crippen LogP contribution is -2.37. The molecule has 0 unspecified atom stereocenters. The van der Waals surface area contributed by atoms with Gasteiger partial charge in [-0.25, -0.2) is 9.97 Å². The third kappa shape index (κ3) is 6.73. The molecule has 0 aliphatic heterocycles. The van der Waals surface area contributed by atoms with Gasteiger partial charge in [0, 0.05) is 38.4 Å². The minimum absolute atomic E-state index is 0. The van der Waals surface area contributed by atoms with Crippen LogP contribution in [0.2, 0.25) is 0 Å². The minimum atomic E-state index is 0. The van der Waals surface area contributed by atoms with E-state index in [1.54, 1.807) is 0 Å². The summed E-state index contributed by atoms with van der Waals surface area (Å²) < 4.78 is 0. The van der Waals surface area contributed by atoms with Crippen molar-refractivity contribution in [2.24, 2.45) is 4.99 Å². The van der Waals surface area contributed by atoms with E-state index in [0.29, 0.717) is 6.54 Å². The monoisotopic (exact) mass is 363 g/mol. The van der Waals surface area contributed by atoms with E-state index in [-0.39, 0.29) is 24.0 Å². The number of aryl methyl sites for hydroxylation is 1. The molecule has 5 nitrogen and oxygen atoms in total. The lowest BCUT2D eigenvalue weighted by Gasteiger charge is -2.08. The molecule has 0 aliphatic carbocycles.